The molecule has 0 unspecified atom stereocenters. The van der Waals surface area contributed by atoms with Gasteiger partial charge in [-0.1, -0.05) is 271 Å². The molecule has 2 heteroatoms. The third kappa shape index (κ3) is 40.5. The fourth-order valence-corrected chi connectivity index (χ4v) is 7.97. The molecule has 0 atom stereocenters. The van der Waals surface area contributed by atoms with Crippen LogP contribution in [0.1, 0.15) is 303 Å². The summed E-state index contributed by atoms with van der Waals surface area (Å²) in [5.74, 6) is 0.721. The molecule has 309 valence electrons. The molecule has 0 saturated heterocycles. The van der Waals surface area contributed by atoms with Gasteiger partial charge >= 0.3 is 0 Å². The van der Waals surface area contributed by atoms with Crippen molar-refractivity contribution in [2.24, 2.45) is 0 Å². The Hall–Kier alpha value is -0.660. The monoisotopic (exact) mass is 730 g/mol. The third-order valence-corrected chi connectivity index (χ3v) is 11.9. The molecule has 0 aromatic carbocycles. The van der Waals surface area contributed by atoms with Crippen molar-refractivity contribution < 1.29 is 9.59 Å². The Morgan fingerprint density at radius 3 is 0.519 bits per heavy atom. The molecule has 2 nitrogen and oxygen atoms in total. The van der Waals surface area contributed by atoms with Gasteiger partial charge in [0.05, 0.1) is 0 Å². The summed E-state index contributed by atoms with van der Waals surface area (Å²) in [5, 5.41) is 0. The Balaban J connectivity index is 3.35. The first-order chi connectivity index (χ1) is 25.6. The van der Waals surface area contributed by atoms with Gasteiger partial charge in [-0.15, -0.1) is 0 Å². The first kappa shape index (κ1) is 51.3. The normalized spacial score (nSPS) is 11.6. The number of hydrogen-bond donors (Lipinski definition) is 0. The lowest BCUT2D eigenvalue weighted by atomic mass is 9.93. The van der Waals surface area contributed by atoms with Crippen molar-refractivity contribution in [3.63, 3.8) is 0 Å². The molecule has 1 radical (unpaired) electrons. The molecule has 0 fully saturated rings. The summed E-state index contributed by atoms with van der Waals surface area (Å²) < 4.78 is 0. The molecule has 0 amide bonds. The number of rotatable bonds is 46. The lowest BCUT2D eigenvalue weighted by Crippen LogP contribution is -2.18. The van der Waals surface area contributed by atoms with Crippen molar-refractivity contribution in [2.45, 2.75) is 303 Å². The van der Waals surface area contributed by atoms with Crippen LogP contribution in [0.3, 0.4) is 0 Å². The second kappa shape index (κ2) is 44.7. The highest BCUT2D eigenvalue weighted by atomic mass is 16.1. The number of hydrogen-bond acceptors (Lipinski definition) is 2. The number of unbranched alkanes of at least 4 members (excludes halogenated alkanes) is 40. The van der Waals surface area contributed by atoms with E-state index in [1.807, 2.05) is 0 Å². The minimum Gasteiger partial charge on any atom is -0.299 e. The molecule has 0 aliphatic rings. The molecule has 0 aromatic rings. The minimum atomic E-state index is 0.103. The summed E-state index contributed by atoms with van der Waals surface area (Å²) in [6.07, 6.45) is 58.8. The fraction of sp³-hybridized carbons (Fsp3) is 0.940. The predicted octanol–water partition coefficient (Wildman–Crippen LogP) is 17.9. The third-order valence-electron chi connectivity index (χ3n) is 11.9. The zero-order chi connectivity index (χ0) is 37.8. The van der Waals surface area contributed by atoms with Crippen molar-refractivity contribution in [3.05, 3.63) is 5.92 Å². The first-order valence-electron chi connectivity index (χ1n) is 24.5. The highest BCUT2D eigenvalue weighted by Gasteiger charge is 2.21. The van der Waals surface area contributed by atoms with Crippen LogP contribution in [0.4, 0.5) is 0 Å². The smallest absolute Gasteiger partial charge is 0.147 e. The zero-order valence-electron chi connectivity index (χ0n) is 36.4. The van der Waals surface area contributed by atoms with Crippen molar-refractivity contribution in [1.82, 2.24) is 0 Å². The number of Topliss-reactive ketones (excluding diaryl/α,β-unsaturated/α-hetero) is 2. The van der Waals surface area contributed by atoms with Gasteiger partial charge < -0.3 is 0 Å². The van der Waals surface area contributed by atoms with E-state index in [1.165, 1.54) is 244 Å². The number of carbonyl (C=O) groups is 2. The van der Waals surface area contributed by atoms with Crippen LogP contribution in [-0.4, -0.2) is 11.6 Å². The molecule has 52 heavy (non-hydrogen) atoms. The topological polar surface area (TPSA) is 34.1 Å². The summed E-state index contributed by atoms with van der Waals surface area (Å²) in [4.78, 5) is 25.1. The molecule has 0 aliphatic carbocycles. The summed E-state index contributed by atoms with van der Waals surface area (Å²) in [5.41, 5.74) is 0. The van der Waals surface area contributed by atoms with Crippen LogP contribution < -0.4 is 0 Å². The largest absolute Gasteiger partial charge is 0.299 e. The maximum Gasteiger partial charge on any atom is 0.147 e. The van der Waals surface area contributed by atoms with Gasteiger partial charge in [-0.2, -0.15) is 0 Å². The zero-order valence-corrected chi connectivity index (χ0v) is 36.4. The van der Waals surface area contributed by atoms with Crippen molar-refractivity contribution in [3.8, 4) is 0 Å². The van der Waals surface area contributed by atoms with E-state index >= 15 is 0 Å². The maximum absolute atomic E-state index is 12.5. The minimum absolute atomic E-state index is 0.103. The fourth-order valence-electron chi connectivity index (χ4n) is 7.97. The standard InChI is InChI=1S/C50H97O2/c1-4-6-8-10-12-14-16-18-20-22-24-26-28-30-32-34-36-38-40-42-44-46-49(51)48(3)50(52)47-45-43-41-39-37-35-33-31-29-27-25-23-21-19-17-15-13-11-9-7-5-2/h4-47H2,1-3H3. The van der Waals surface area contributed by atoms with Gasteiger partial charge in [0, 0.05) is 12.8 Å². The maximum atomic E-state index is 12.5. The molecule has 0 N–H and O–H groups in total. The Morgan fingerprint density at radius 2 is 0.365 bits per heavy atom. The Labute approximate surface area is 329 Å². The van der Waals surface area contributed by atoms with E-state index in [2.05, 4.69) is 13.8 Å². The van der Waals surface area contributed by atoms with Gasteiger partial charge in [-0.25, -0.2) is 0 Å². The van der Waals surface area contributed by atoms with Gasteiger partial charge in [-0.05, 0) is 19.8 Å². The van der Waals surface area contributed by atoms with Crippen LogP contribution in [-0.2, 0) is 9.59 Å². The Morgan fingerprint density at radius 1 is 0.231 bits per heavy atom. The SMILES string of the molecule is CCCCCCCCCCCCCCCCCCCCCCCC(=O)[C](C)C(=O)CCCCCCCCCCCCCCCCCCCCCCC. The van der Waals surface area contributed by atoms with Crippen molar-refractivity contribution in [2.75, 3.05) is 0 Å². The van der Waals surface area contributed by atoms with Crippen LogP contribution >= 0.6 is 0 Å². The average Bonchev–Trinajstić information content (AvgIpc) is 3.15. The quantitative estimate of drug-likeness (QED) is 0.0462. The summed E-state index contributed by atoms with van der Waals surface area (Å²) in [6.45, 7) is 6.37. The molecule has 0 saturated carbocycles. The average molecular weight is 730 g/mol. The van der Waals surface area contributed by atoms with E-state index in [0.717, 1.165) is 25.7 Å². The van der Waals surface area contributed by atoms with Gasteiger partial charge in [0.2, 0.25) is 0 Å². The van der Waals surface area contributed by atoms with E-state index in [0.29, 0.717) is 18.8 Å². The molecule has 0 rings (SSSR count). The van der Waals surface area contributed by atoms with Crippen LogP contribution in [0.15, 0.2) is 0 Å². The first-order valence-corrected chi connectivity index (χ1v) is 24.5. The predicted molar refractivity (Wildman–Crippen MR) is 233 cm³/mol. The van der Waals surface area contributed by atoms with Gasteiger partial charge in [0.1, 0.15) is 17.5 Å². The number of ketones is 2. The molecular weight excluding hydrogens is 633 g/mol. The lowest BCUT2D eigenvalue weighted by molar-refractivity contribution is -0.124. The van der Waals surface area contributed by atoms with Gasteiger partial charge in [-0.3, -0.25) is 9.59 Å². The Kier molecular flexibility index (Phi) is 44.2. The summed E-state index contributed by atoms with van der Waals surface area (Å²) in [6, 6.07) is 0. The van der Waals surface area contributed by atoms with E-state index in [-0.39, 0.29) is 11.6 Å². The second-order valence-corrected chi connectivity index (χ2v) is 17.1. The van der Waals surface area contributed by atoms with Crippen LogP contribution in [0.2, 0.25) is 0 Å². The second-order valence-electron chi connectivity index (χ2n) is 17.1. The lowest BCUT2D eigenvalue weighted by Gasteiger charge is -2.09. The molecule has 0 heterocycles. The highest BCUT2D eigenvalue weighted by Crippen LogP contribution is 2.19. The molecule has 0 aromatic heterocycles. The van der Waals surface area contributed by atoms with Crippen molar-refractivity contribution in [1.29, 1.82) is 0 Å². The van der Waals surface area contributed by atoms with Gasteiger partial charge in [0.25, 0.3) is 0 Å². The highest BCUT2D eigenvalue weighted by molar-refractivity contribution is 6.15. The van der Waals surface area contributed by atoms with E-state index in [4.69, 9.17) is 0 Å². The molecule has 0 bridgehead atoms. The summed E-state index contributed by atoms with van der Waals surface area (Å²) >= 11 is 0. The van der Waals surface area contributed by atoms with E-state index in [1.54, 1.807) is 6.92 Å². The molecule has 0 spiro atoms. The van der Waals surface area contributed by atoms with Crippen LogP contribution in [0.25, 0.3) is 0 Å². The van der Waals surface area contributed by atoms with Crippen LogP contribution in [0, 0.1) is 5.92 Å². The van der Waals surface area contributed by atoms with E-state index < -0.39 is 0 Å². The summed E-state index contributed by atoms with van der Waals surface area (Å²) in [7, 11) is 0. The van der Waals surface area contributed by atoms with Crippen molar-refractivity contribution >= 4 is 11.6 Å². The Bertz CT molecular complexity index is 640. The van der Waals surface area contributed by atoms with E-state index in [9.17, 15) is 9.59 Å². The molecule has 0 aliphatic heterocycles. The number of carbonyl (C=O) groups excluding carboxylic acids is 2. The molecular formula is C50H97O2. The van der Waals surface area contributed by atoms with Crippen LogP contribution in [0.5, 0.6) is 0 Å². The van der Waals surface area contributed by atoms with Gasteiger partial charge in [0.15, 0.2) is 0 Å².